The molecule has 0 bridgehead atoms. The standard InChI is InChI=1S/C24H31BrClN3O4S/c1-5-17(3)27-24(31)21(6-2)28(15-18-11-7-9-13-20(18)26)23(30)16-29(34(4,32)33)22-14-10-8-12-19(22)25/h7-14,17,21H,5-6,15-16H2,1-4H3,(H,27,31). The minimum atomic E-state index is -3.80. The number of anilines is 1. The number of amides is 2. The summed E-state index contributed by atoms with van der Waals surface area (Å²) in [5.41, 5.74) is 1.01. The van der Waals surface area contributed by atoms with E-state index < -0.39 is 28.5 Å². The Labute approximate surface area is 215 Å². The number of hydrogen-bond acceptors (Lipinski definition) is 4. The highest BCUT2D eigenvalue weighted by Crippen LogP contribution is 2.28. The Morgan fingerprint density at radius 3 is 2.24 bits per heavy atom. The van der Waals surface area contributed by atoms with Crippen LogP contribution in [0.4, 0.5) is 5.69 Å². The molecule has 34 heavy (non-hydrogen) atoms. The van der Waals surface area contributed by atoms with Gasteiger partial charge in [0, 0.05) is 22.1 Å². The second-order valence-electron chi connectivity index (χ2n) is 8.08. The van der Waals surface area contributed by atoms with Crippen LogP contribution in [0, 0.1) is 0 Å². The van der Waals surface area contributed by atoms with Gasteiger partial charge in [-0.1, -0.05) is 55.8 Å². The number of sulfonamides is 1. The second-order valence-corrected chi connectivity index (χ2v) is 11.2. The molecule has 0 saturated carbocycles. The lowest BCUT2D eigenvalue weighted by Crippen LogP contribution is -2.53. The lowest BCUT2D eigenvalue weighted by atomic mass is 10.1. The Balaban J connectivity index is 2.47. The van der Waals surface area contributed by atoms with Gasteiger partial charge in [-0.3, -0.25) is 13.9 Å². The van der Waals surface area contributed by atoms with Gasteiger partial charge in [-0.2, -0.15) is 0 Å². The van der Waals surface area contributed by atoms with E-state index in [2.05, 4.69) is 21.2 Å². The lowest BCUT2D eigenvalue weighted by Gasteiger charge is -2.33. The van der Waals surface area contributed by atoms with Gasteiger partial charge in [0.25, 0.3) is 0 Å². The number of carbonyl (C=O) groups is 2. The Hall–Kier alpha value is -2.10. The summed E-state index contributed by atoms with van der Waals surface area (Å²) in [6.07, 6.45) is 2.14. The van der Waals surface area contributed by atoms with Crippen LogP contribution in [-0.4, -0.2) is 50.0 Å². The average molecular weight is 573 g/mol. The van der Waals surface area contributed by atoms with Crippen LogP contribution in [0.15, 0.2) is 53.0 Å². The minimum Gasteiger partial charge on any atom is -0.352 e. The molecule has 2 atom stereocenters. The molecule has 0 aliphatic rings. The van der Waals surface area contributed by atoms with Gasteiger partial charge in [0.05, 0.1) is 11.9 Å². The van der Waals surface area contributed by atoms with E-state index in [-0.39, 0.29) is 18.5 Å². The zero-order valence-corrected chi connectivity index (χ0v) is 23.0. The summed E-state index contributed by atoms with van der Waals surface area (Å²) in [6.45, 7) is 5.27. The molecule has 2 unspecified atom stereocenters. The normalized spacial score (nSPS) is 13.1. The molecule has 0 heterocycles. The molecule has 186 valence electrons. The van der Waals surface area contributed by atoms with Crippen LogP contribution in [-0.2, 0) is 26.2 Å². The van der Waals surface area contributed by atoms with Crippen LogP contribution in [0.1, 0.15) is 39.2 Å². The molecule has 2 aromatic rings. The van der Waals surface area contributed by atoms with Gasteiger partial charge in [-0.25, -0.2) is 8.42 Å². The largest absolute Gasteiger partial charge is 0.352 e. The van der Waals surface area contributed by atoms with E-state index in [9.17, 15) is 18.0 Å². The third-order valence-corrected chi connectivity index (χ3v) is 7.65. The number of carbonyl (C=O) groups excluding carboxylic acids is 2. The summed E-state index contributed by atoms with van der Waals surface area (Å²) >= 11 is 9.72. The van der Waals surface area contributed by atoms with E-state index in [0.717, 1.165) is 17.0 Å². The van der Waals surface area contributed by atoms with Gasteiger partial charge >= 0.3 is 0 Å². The molecular formula is C24H31BrClN3O4S. The third-order valence-electron chi connectivity index (χ3n) is 5.49. The second kappa shape index (κ2) is 12.6. The van der Waals surface area contributed by atoms with Crippen LogP contribution in [0.5, 0.6) is 0 Å². The van der Waals surface area contributed by atoms with Crippen LogP contribution in [0.2, 0.25) is 5.02 Å². The fourth-order valence-corrected chi connectivity index (χ4v) is 5.09. The summed E-state index contributed by atoms with van der Waals surface area (Å²) in [4.78, 5) is 28.1. The predicted octanol–water partition coefficient (Wildman–Crippen LogP) is 4.59. The zero-order chi connectivity index (χ0) is 25.5. The molecule has 0 fully saturated rings. The smallest absolute Gasteiger partial charge is 0.244 e. The fraction of sp³-hybridized carbons (Fsp3) is 0.417. The van der Waals surface area contributed by atoms with E-state index in [0.29, 0.717) is 27.2 Å². The number of hydrogen-bond donors (Lipinski definition) is 1. The first kappa shape index (κ1) is 28.1. The van der Waals surface area contributed by atoms with Crippen molar-refractivity contribution in [3.05, 3.63) is 63.6 Å². The van der Waals surface area contributed by atoms with Crippen molar-refractivity contribution in [2.75, 3.05) is 17.1 Å². The monoisotopic (exact) mass is 571 g/mol. The molecule has 0 aromatic heterocycles. The first-order chi connectivity index (χ1) is 16.0. The summed E-state index contributed by atoms with van der Waals surface area (Å²) < 4.78 is 26.9. The zero-order valence-electron chi connectivity index (χ0n) is 19.8. The van der Waals surface area contributed by atoms with Crippen LogP contribution < -0.4 is 9.62 Å². The highest BCUT2D eigenvalue weighted by Gasteiger charge is 2.32. The SMILES string of the molecule is CCC(C)NC(=O)C(CC)N(Cc1ccccc1Cl)C(=O)CN(c1ccccc1Br)S(C)(=O)=O. The summed E-state index contributed by atoms with van der Waals surface area (Å²) in [6, 6.07) is 13.0. The Morgan fingerprint density at radius 1 is 1.06 bits per heavy atom. The van der Waals surface area contributed by atoms with Crippen molar-refractivity contribution in [1.29, 1.82) is 0 Å². The van der Waals surface area contributed by atoms with Crippen molar-refractivity contribution in [3.63, 3.8) is 0 Å². The Morgan fingerprint density at radius 2 is 1.68 bits per heavy atom. The van der Waals surface area contributed by atoms with Crippen molar-refractivity contribution in [2.24, 2.45) is 0 Å². The number of nitrogens with zero attached hydrogens (tertiary/aromatic N) is 2. The van der Waals surface area contributed by atoms with Crippen LogP contribution in [0.25, 0.3) is 0 Å². The molecule has 7 nitrogen and oxygen atoms in total. The Bertz CT molecular complexity index is 1110. The summed E-state index contributed by atoms with van der Waals surface area (Å²) in [5.74, 6) is -0.795. The van der Waals surface area contributed by atoms with E-state index in [1.807, 2.05) is 20.8 Å². The van der Waals surface area contributed by atoms with Crippen molar-refractivity contribution in [3.8, 4) is 0 Å². The first-order valence-electron chi connectivity index (χ1n) is 11.0. The highest BCUT2D eigenvalue weighted by molar-refractivity contribution is 9.10. The van der Waals surface area contributed by atoms with Gasteiger partial charge < -0.3 is 10.2 Å². The van der Waals surface area contributed by atoms with Crippen molar-refractivity contribution in [2.45, 2.75) is 52.2 Å². The van der Waals surface area contributed by atoms with Crippen molar-refractivity contribution in [1.82, 2.24) is 10.2 Å². The first-order valence-corrected chi connectivity index (χ1v) is 14.1. The molecule has 0 aliphatic heterocycles. The van der Waals surface area contributed by atoms with E-state index in [1.165, 1.54) is 4.90 Å². The van der Waals surface area contributed by atoms with Gasteiger partial charge in [0.1, 0.15) is 12.6 Å². The van der Waals surface area contributed by atoms with Gasteiger partial charge in [0.2, 0.25) is 21.8 Å². The van der Waals surface area contributed by atoms with Gasteiger partial charge in [-0.15, -0.1) is 0 Å². The molecule has 0 spiro atoms. The third kappa shape index (κ3) is 7.45. The van der Waals surface area contributed by atoms with Crippen LogP contribution in [0.3, 0.4) is 0 Å². The molecular weight excluding hydrogens is 542 g/mol. The number of para-hydroxylation sites is 1. The van der Waals surface area contributed by atoms with Crippen molar-refractivity contribution < 1.29 is 18.0 Å². The maximum atomic E-state index is 13.6. The number of rotatable bonds is 11. The van der Waals surface area contributed by atoms with Crippen molar-refractivity contribution >= 4 is 55.1 Å². The number of benzene rings is 2. The maximum Gasteiger partial charge on any atom is 0.244 e. The molecule has 2 aromatic carbocycles. The van der Waals surface area contributed by atoms with Gasteiger partial charge in [0.15, 0.2) is 0 Å². The minimum absolute atomic E-state index is 0.0633. The van der Waals surface area contributed by atoms with Gasteiger partial charge in [-0.05, 0) is 59.5 Å². The molecule has 0 saturated heterocycles. The van der Waals surface area contributed by atoms with E-state index in [4.69, 9.17) is 11.6 Å². The maximum absolute atomic E-state index is 13.6. The van der Waals surface area contributed by atoms with E-state index >= 15 is 0 Å². The van der Waals surface area contributed by atoms with Crippen LogP contribution >= 0.6 is 27.5 Å². The predicted molar refractivity (Wildman–Crippen MR) is 140 cm³/mol. The molecule has 10 heteroatoms. The molecule has 2 rings (SSSR count). The number of nitrogens with one attached hydrogen (secondary N) is 1. The molecule has 0 radical (unpaired) electrons. The highest BCUT2D eigenvalue weighted by atomic mass is 79.9. The summed E-state index contributed by atoms with van der Waals surface area (Å²) in [7, 11) is -3.80. The molecule has 2 amide bonds. The molecule has 0 aliphatic carbocycles. The molecule has 1 N–H and O–H groups in total. The average Bonchev–Trinajstić information content (AvgIpc) is 2.78. The lowest BCUT2D eigenvalue weighted by molar-refractivity contribution is -0.140. The Kier molecular flexibility index (Phi) is 10.4. The topological polar surface area (TPSA) is 86.8 Å². The summed E-state index contributed by atoms with van der Waals surface area (Å²) in [5, 5.41) is 3.40. The van der Waals surface area contributed by atoms with E-state index in [1.54, 1.807) is 48.5 Å². The number of halogens is 2. The quantitative estimate of drug-likeness (QED) is 0.427. The fourth-order valence-electron chi connectivity index (χ4n) is 3.42.